The van der Waals surface area contributed by atoms with E-state index in [1.165, 1.54) is 0 Å². The van der Waals surface area contributed by atoms with Crippen LogP contribution in [0, 0.1) is 0 Å². The Morgan fingerprint density at radius 3 is 2.11 bits per heavy atom. The monoisotopic (exact) mass is 251 g/mol. The highest BCUT2D eigenvalue weighted by atomic mass is 16.7. The van der Waals surface area contributed by atoms with Crippen molar-refractivity contribution in [2.24, 2.45) is 0 Å². The highest BCUT2D eigenvalue weighted by Crippen LogP contribution is 2.40. The molecule has 0 radical (unpaired) electrons. The second-order valence-electron chi connectivity index (χ2n) is 6.65. The maximum atomic E-state index is 6.04. The summed E-state index contributed by atoms with van der Waals surface area (Å²) in [6.07, 6.45) is 3.20. The Morgan fingerprint density at radius 2 is 1.72 bits per heavy atom. The highest BCUT2D eigenvalue weighted by Gasteiger charge is 2.53. The molecule has 0 bridgehead atoms. The summed E-state index contributed by atoms with van der Waals surface area (Å²) < 4.78 is 18.0. The zero-order valence-corrected chi connectivity index (χ0v) is 11.7. The van der Waals surface area contributed by atoms with Gasteiger partial charge in [-0.05, 0) is 39.6 Å². The SMILES string of the molecule is CC1(C)OB(C2=CCC3(CNC3)OC2)OC1(C)C. The zero-order valence-electron chi connectivity index (χ0n) is 11.7. The fourth-order valence-corrected chi connectivity index (χ4v) is 2.48. The van der Waals surface area contributed by atoms with Crippen molar-refractivity contribution in [1.82, 2.24) is 5.32 Å². The van der Waals surface area contributed by atoms with Crippen LogP contribution < -0.4 is 5.32 Å². The van der Waals surface area contributed by atoms with Gasteiger partial charge in [0.2, 0.25) is 0 Å². The van der Waals surface area contributed by atoms with E-state index in [0.717, 1.165) is 25.0 Å². The minimum Gasteiger partial charge on any atom is -0.400 e. The first-order chi connectivity index (χ1) is 8.34. The Bertz CT molecular complexity index is 372. The van der Waals surface area contributed by atoms with Gasteiger partial charge in [-0.1, -0.05) is 6.08 Å². The second-order valence-corrected chi connectivity index (χ2v) is 6.65. The molecule has 0 aromatic carbocycles. The number of ether oxygens (including phenoxy) is 1. The lowest BCUT2D eigenvalue weighted by atomic mass is 9.74. The van der Waals surface area contributed by atoms with Crippen LogP contribution in [0.4, 0.5) is 0 Å². The predicted octanol–water partition coefficient (Wildman–Crippen LogP) is 1.31. The largest absolute Gasteiger partial charge is 0.492 e. The molecular formula is C13H22BNO3. The Kier molecular flexibility index (Phi) is 2.69. The number of hydrogen-bond acceptors (Lipinski definition) is 4. The molecule has 5 heteroatoms. The van der Waals surface area contributed by atoms with Crippen molar-refractivity contribution in [2.75, 3.05) is 19.7 Å². The first-order valence-corrected chi connectivity index (χ1v) is 6.73. The minimum absolute atomic E-state index is 0.0488. The van der Waals surface area contributed by atoms with Gasteiger partial charge in [-0.2, -0.15) is 0 Å². The summed E-state index contributed by atoms with van der Waals surface area (Å²) >= 11 is 0. The molecule has 0 unspecified atom stereocenters. The molecule has 1 N–H and O–H groups in total. The van der Waals surface area contributed by atoms with E-state index in [1.807, 2.05) is 0 Å². The van der Waals surface area contributed by atoms with Gasteiger partial charge in [0, 0.05) is 13.1 Å². The van der Waals surface area contributed by atoms with Crippen molar-refractivity contribution in [3.05, 3.63) is 11.5 Å². The van der Waals surface area contributed by atoms with E-state index in [2.05, 4.69) is 39.1 Å². The summed E-state index contributed by atoms with van der Waals surface area (Å²) in [5.74, 6) is 0. The Morgan fingerprint density at radius 1 is 1.11 bits per heavy atom. The van der Waals surface area contributed by atoms with Crippen LogP contribution in [0.5, 0.6) is 0 Å². The van der Waals surface area contributed by atoms with Gasteiger partial charge in [-0.3, -0.25) is 0 Å². The van der Waals surface area contributed by atoms with E-state index in [1.54, 1.807) is 0 Å². The Hall–Kier alpha value is -0.355. The normalized spacial score (nSPS) is 32.2. The summed E-state index contributed by atoms with van der Waals surface area (Å²) in [6, 6.07) is 0. The van der Waals surface area contributed by atoms with Crippen molar-refractivity contribution in [3.63, 3.8) is 0 Å². The van der Waals surface area contributed by atoms with Crippen LogP contribution in [-0.4, -0.2) is 43.6 Å². The van der Waals surface area contributed by atoms with Gasteiger partial charge in [0.1, 0.15) is 0 Å². The number of hydrogen-bond donors (Lipinski definition) is 1. The van der Waals surface area contributed by atoms with Gasteiger partial charge in [-0.15, -0.1) is 0 Å². The molecule has 18 heavy (non-hydrogen) atoms. The molecule has 3 heterocycles. The number of rotatable bonds is 1. The summed E-state index contributed by atoms with van der Waals surface area (Å²) in [5.41, 5.74) is 0.635. The first-order valence-electron chi connectivity index (χ1n) is 6.73. The lowest BCUT2D eigenvalue weighted by Gasteiger charge is -2.44. The molecule has 3 aliphatic heterocycles. The molecule has 0 aromatic heterocycles. The van der Waals surface area contributed by atoms with Crippen LogP contribution >= 0.6 is 0 Å². The van der Waals surface area contributed by atoms with E-state index >= 15 is 0 Å². The van der Waals surface area contributed by atoms with Gasteiger partial charge in [0.15, 0.2) is 0 Å². The molecule has 1 spiro atoms. The predicted molar refractivity (Wildman–Crippen MR) is 70.3 cm³/mol. The van der Waals surface area contributed by atoms with Gasteiger partial charge < -0.3 is 19.4 Å². The molecule has 0 atom stereocenters. The summed E-state index contributed by atoms with van der Waals surface area (Å²) in [4.78, 5) is 0. The third kappa shape index (κ3) is 1.85. The molecule has 0 aliphatic carbocycles. The van der Waals surface area contributed by atoms with Gasteiger partial charge in [-0.25, -0.2) is 0 Å². The molecule has 3 aliphatic rings. The van der Waals surface area contributed by atoms with Gasteiger partial charge >= 0.3 is 7.12 Å². The number of nitrogens with one attached hydrogen (secondary N) is 1. The third-order valence-electron chi connectivity index (χ3n) is 4.73. The highest BCUT2D eigenvalue weighted by molar-refractivity contribution is 6.54. The first kappa shape index (κ1) is 12.7. The van der Waals surface area contributed by atoms with Crippen LogP contribution in [0.2, 0.25) is 0 Å². The van der Waals surface area contributed by atoms with Crippen LogP contribution in [-0.2, 0) is 14.0 Å². The summed E-state index contributed by atoms with van der Waals surface area (Å²) in [6.45, 7) is 10.9. The molecule has 3 rings (SSSR count). The lowest BCUT2D eigenvalue weighted by Crippen LogP contribution is -2.62. The molecule has 2 fully saturated rings. The lowest BCUT2D eigenvalue weighted by molar-refractivity contribution is -0.0750. The van der Waals surface area contributed by atoms with E-state index in [-0.39, 0.29) is 23.9 Å². The Labute approximate surface area is 109 Å². The van der Waals surface area contributed by atoms with Crippen molar-refractivity contribution in [1.29, 1.82) is 0 Å². The standard InChI is InChI=1S/C13H22BNO3/c1-11(2)12(3,4)18-14(17-11)10-5-6-13(16-7-10)8-15-9-13/h5,15H,6-9H2,1-4H3. The smallest absolute Gasteiger partial charge is 0.400 e. The van der Waals surface area contributed by atoms with E-state index in [4.69, 9.17) is 14.0 Å². The molecule has 4 nitrogen and oxygen atoms in total. The van der Waals surface area contributed by atoms with Crippen molar-refractivity contribution in [3.8, 4) is 0 Å². The van der Waals surface area contributed by atoms with Crippen molar-refractivity contribution in [2.45, 2.75) is 50.9 Å². The molecule has 0 amide bonds. The maximum Gasteiger partial charge on any atom is 0.492 e. The third-order valence-corrected chi connectivity index (χ3v) is 4.73. The fourth-order valence-electron chi connectivity index (χ4n) is 2.48. The minimum atomic E-state index is -0.272. The van der Waals surface area contributed by atoms with Crippen LogP contribution in [0.3, 0.4) is 0 Å². The van der Waals surface area contributed by atoms with Crippen LogP contribution in [0.25, 0.3) is 0 Å². The van der Waals surface area contributed by atoms with Gasteiger partial charge in [0.05, 0.1) is 23.4 Å². The molecule has 2 saturated heterocycles. The second kappa shape index (κ2) is 3.82. The molecule has 0 aromatic rings. The summed E-state index contributed by atoms with van der Waals surface area (Å²) in [5, 5.41) is 3.27. The quantitative estimate of drug-likeness (QED) is 0.713. The van der Waals surface area contributed by atoms with E-state index in [9.17, 15) is 0 Å². The van der Waals surface area contributed by atoms with Crippen molar-refractivity contribution >= 4 is 7.12 Å². The maximum absolute atomic E-state index is 6.04. The van der Waals surface area contributed by atoms with E-state index in [0.29, 0.717) is 6.61 Å². The molecule has 100 valence electrons. The zero-order chi connectivity index (χ0) is 13.0. The van der Waals surface area contributed by atoms with Crippen LogP contribution in [0.1, 0.15) is 34.1 Å². The topological polar surface area (TPSA) is 39.7 Å². The average molecular weight is 251 g/mol. The van der Waals surface area contributed by atoms with Crippen LogP contribution in [0.15, 0.2) is 11.5 Å². The van der Waals surface area contributed by atoms with Gasteiger partial charge in [0.25, 0.3) is 0 Å². The summed E-state index contributed by atoms with van der Waals surface area (Å²) in [7, 11) is -0.250. The molecule has 0 saturated carbocycles. The fraction of sp³-hybridized carbons (Fsp3) is 0.846. The average Bonchev–Trinajstić information content (AvgIpc) is 2.46. The van der Waals surface area contributed by atoms with Crippen molar-refractivity contribution < 1.29 is 14.0 Å². The molecular weight excluding hydrogens is 229 g/mol. The Balaban J connectivity index is 1.71. The van der Waals surface area contributed by atoms with E-state index < -0.39 is 0 Å².